The molecule has 0 radical (unpaired) electrons. The normalized spacial score (nSPS) is 17.7. The van der Waals surface area contributed by atoms with Gasteiger partial charge < -0.3 is 9.88 Å². The van der Waals surface area contributed by atoms with Gasteiger partial charge in [-0.2, -0.15) is 0 Å². The molecular weight excluding hydrogens is 256 g/mol. The summed E-state index contributed by atoms with van der Waals surface area (Å²) in [6.07, 6.45) is 9.76. The minimum atomic E-state index is 0.562. The minimum absolute atomic E-state index is 0.562. The molecule has 0 saturated carbocycles. The zero-order valence-corrected chi connectivity index (χ0v) is 13.2. The van der Waals surface area contributed by atoms with Crippen LogP contribution in [0.25, 0.3) is 0 Å². The fourth-order valence-corrected chi connectivity index (χ4v) is 3.35. The van der Waals surface area contributed by atoms with Crippen molar-refractivity contribution in [2.24, 2.45) is 0 Å². The SMILES string of the molecule is CCCNC1CCCc2cn(Cc3ccccc3C)cc21. The molecule has 1 unspecified atom stereocenters. The first-order chi connectivity index (χ1) is 10.3. The van der Waals surface area contributed by atoms with Gasteiger partial charge in [0.2, 0.25) is 0 Å². The summed E-state index contributed by atoms with van der Waals surface area (Å²) in [5.74, 6) is 0. The monoisotopic (exact) mass is 282 g/mol. The van der Waals surface area contributed by atoms with Gasteiger partial charge in [-0.05, 0) is 61.4 Å². The third-order valence-electron chi connectivity index (χ3n) is 4.57. The molecule has 1 N–H and O–H groups in total. The van der Waals surface area contributed by atoms with Crippen LogP contribution in [0.4, 0.5) is 0 Å². The molecule has 0 amide bonds. The molecule has 0 bridgehead atoms. The maximum Gasteiger partial charge on any atom is 0.0473 e. The van der Waals surface area contributed by atoms with E-state index in [1.54, 1.807) is 5.56 Å². The van der Waals surface area contributed by atoms with Crippen LogP contribution in [0.5, 0.6) is 0 Å². The number of rotatable bonds is 5. The van der Waals surface area contributed by atoms with Crippen LogP contribution in [-0.4, -0.2) is 11.1 Å². The van der Waals surface area contributed by atoms with E-state index in [4.69, 9.17) is 0 Å². The predicted molar refractivity (Wildman–Crippen MR) is 88.7 cm³/mol. The van der Waals surface area contributed by atoms with Gasteiger partial charge in [0.25, 0.3) is 0 Å². The summed E-state index contributed by atoms with van der Waals surface area (Å²) < 4.78 is 2.37. The second kappa shape index (κ2) is 6.48. The molecule has 1 aliphatic carbocycles. The van der Waals surface area contributed by atoms with Crippen LogP contribution in [0.3, 0.4) is 0 Å². The highest BCUT2D eigenvalue weighted by atomic mass is 15.0. The van der Waals surface area contributed by atoms with E-state index in [0.717, 1.165) is 13.1 Å². The van der Waals surface area contributed by atoms with Crippen molar-refractivity contribution >= 4 is 0 Å². The molecule has 0 aliphatic heterocycles. The van der Waals surface area contributed by atoms with Crippen LogP contribution in [0.1, 0.15) is 54.5 Å². The highest BCUT2D eigenvalue weighted by Crippen LogP contribution is 2.30. The fraction of sp³-hybridized carbons (Fsp3) is 0.474. The van der Waals surface area contributed by atoms with Crippen LogP contribution in [0, 0.1) is 6.92 Å². The third kappa shape index (κ3) is 3.21. The van der Waals surface area contributed by atoms with E-state index < -0.39 is 0 Å². The molecular formula is C19H26N2. The van der Waals surface area contributed by atoms with Crippen molar-refractivity contribution in [1.82, 2.24) is 9.88 Å². The Morgan fingerprint density at radius 1 is 1.24 bits per heavy atom. The van der Waals surface area contributed by atoms with Crippen molar-refractivity contribution in [3.05, 3.63) is 58.9 Å². The summed E-state index contributed by atoms with van der Waals surface area (Å²) in [6, 6.07) is 9.25. The lowest BCUT2D eigenvalue weighted by Gasteiger charge is -2.23. The average Bonchev–Trinajstić information content (AvgIpc) is 2.90. The lowest BCUT2D eigenvalue weighted by atomic mass is 9.91. The first kappa shape index (κ1) is 14.4. The topological polar surface area (TPSA) is 17.0 Å². The van der Waals surface area contributed by atoms with E-state index in [1.807, 2.05) is 0 Å². The fourth-order valence-electron chi connectivity index (χ4n) is 3.35. The third-order valence-corrected chi connectivity index (χ3v) is 4.57. The second-order valence-corrected chi connectivity index (χ2v) is 6.24. The first-order valence-electron chi connectivity index (χ1n) is 8.24. The maximum absolute atomic E-state index is 3.70. The number of nitrogens with zero attached hydrogens (tertiary/aromatic N) is 1. The smallest absolute Gasteiger partial charge is 0.0473 e. The quantitative estimate of drug-likeness (QED) is 0.868. The Kier molecular flexibility index (Phi) is 4.45. The number of benzene rings is 1. The summed E-state index contributed by atoms with van der Waals surface area (Å²) in [4.78, 5) is 0. The molecule has 0 spiro atoms. The van der Waals surface area contributed by atoms with E-state index in [-0.39, 0.29) is 0 Å². The van der Waals surface area contributed by atoms with Gasteiger partial charge in [0.1, 0.15) is 0 Å². The Labute approximate surface area is 128 Å². The van der Waals surface area contributed by atoms with Gasteiger partial charge in [-0.25, -0.2) is 0 Å². The number of hydrogen-bond acceptors (Lipinski definition) is 1. The number of aromatic nitrogens is 1. The van der Waals surface area contributed by atoms with E-state index in [0.29, 0.717) is 6.04 Å². The molecule has 2 heteroatoms. The summed E-state index contributed by atoms with van der Waals surface area (Å²) in [7, 11) is 0. The summed E-state index contributed by atoms with van der Waals surface area (Å²) in [5, 5.41) is 3.70. The van der Waals surface area contributed by atoms with Gasteiger partial charge in [-0.3, -0.25) is 0 Å². The molecule has 1 aromatic carbocycles. The average molecular weight is 282 g/mol. The summed E-state index contributed by atoms with van der Waals surface area (Å²) >= 11 is 0. The van der Waals surface area contributed by atoms with Crippen molar-refractivity contribution in [3.8, 4) is 0 Å². The first-order valence-corrected chi connectivity index (χ1v) is 8.24. The Hall–Kier alpha value is -1.54. The largest absolute Gasteiger partial charge is 0.349 e. The van der Waals surface area contributed by atoms with Gasteiger partial charge >= 0.3 is 0 Å². The molecule has 2 nitrogen and oxygen atoms in total. The highest BCUT2D eigenvalue weighted by molar-refractivity contribution is 5.32. The van der Waals surface area contributed by atoms with Crippen molar-refractivity contribution in [2.45, 2.75) is 52.1 Å². The van der Waals surface area contributed by atoms with Crippen molar-refractivity contribution in [3.63, 3.8) is 0 Å². The van der Waals surface area contributed by atoms with Crippen LogP contribution in [0.2, 0.25) is 0 Å². The zero-order chi connectivity index (χ0) is 14.7. The number of nitrogens with one attached hydrogen (secondary N) is 1. The standard InChI is InChI=1S/C19H26N2/c1-3-11-20-19-10-6-9-17-13-21(14-18(17)19)12-16-8-5-4-7-15(16)2/h4-5,7-8,13-14,19-20H,3,6,9-12H2,1-2H3. The Balaban J connectivity index is 1.80. The van der Waals surface area contributed by atoms with Gasteiger partial charge in [-0.1, -0.05) is 31.2 Å². The lowest BCUT2D eigenvalue weighted by molar-refractivity contribution is 0.462. The predicted octanol–water partition coefficient (Wildman–Crippen LogP) is 4.22. The Bertz CT molecular complexity index is 597. The molecule has 0 saturated heterocycles. The minimum Gasteiger partial charge on any atom is -0.349 e. The van der Waals surface area contributed by atoms with Gasteiger partial charge in [-0.15, -0.1) is 0 Å². The van der Waals surface area contributed by atoms with E-state index in [9.17, 15) is 0 Å². The molecule has 112 valence electrons. The highest BCUT2D eigenvalue weighted by Gasteiger charge is 2.21. The maximum atomic E-state index is 3.70. The number of aryl methyl sites for hydroxylation is 2. The molecule has 1 aromatic heterocycles. The molecule has 1 heterocycles. The van der Waals surface area contributed by atoms with Crippen molar-refractivity contribution < 1.29 is 0 Å². The molecule has 0 fully saturated rings. The van der Waals surface area contributed by atoms with Crippen molar-refractivity contribution in [2.75, 3.05) is 6.54 Å². The molecule has 1 atom stereocenters. The number of hydrogen-bond donors (Lipinski definition) is 1. The zero-order valence-electron chi connectivity index (χ0n) is 13.2. The Morgan fingerprint density at radius 3 is 2.90 bits per heavy atom. The lowest BCUT2D eigenvalue weighted by Crippen LogP contribution is -2.24. The second-order valence-electron chi connectivity index (χ2n) is 6.24. The molecule has 1 aliphatic rings. The van der Waals surface area contributed by atoms with Crippen LogP contribution >= 0.6 is 0 Å². The number of fused-ring (bicyclic) bond motifs is 1. The molecule has 3 rings (SSSR count). The van der Waals surface area contributed by atoms with Gasteiger partial charge in [0.15, 0.2) is 0 Å². The van der Waals surface area contributed by atoms with Crippen LogP contribution in [0.15, 0.2) is 36.7 Å². The Morgan fingerprint density at radius 2 is 2.10 bits per heavy atom. The van der Waals surface area contributed by atoms with Gasteiger partial charge in [0.05, 0.1) is 0 Å². The van der Waals surface area contributed by atoms with Crippen LogP contribution in [-0.2, 0) is 13.0 Å². The van der Waals surface area contributed by atoms with Crippen molar-refractivity contribution in [1.29, 1.82) is 0 Å². The summed E-state index contributed by atoms with van der Waals surface area (Å²) in [6.45, 7) is 6.54. The van der Waals surface area contributed by atoms with E-state index in [1.165, 1.54) is 42.4 Å². The van der Waals surface area contributed by atoms with Crippen LogP contribution < -0.4 is 5.32 Å². The van der Waals surface area contributed by atoms with Gasteiger partial charge in [0, 0.05) is 25.0 Å². The van der Waals surface area contributed by atoms with E-state index in [2.05, 4.69) is 60.4 Å². The molecule has 21 heavy (non-hydrogen) atoms. The van der Waals surface area contributed by atoms with E-state index >= 15 is 0 Å². The summed E-state index contributed by atoms with van der Waals surface area (Å²) in [5.41, 5.74) is 5.87. The molecule has 2 aromatic rings.